The van der Waals surface area contributed by atoms with E-state index in [0.717, 1.165) is 45.6 Å². The Morgan fingerprint density at radius 1 is 1.46 bits per heavy atom. The van der Waals surface area contributed by atoms with E-state index in [0.29, 0.717) is 0 Å². The molecule has 0 radical (unpaired) electrons. The van der Waals surface area contributed by atoms with Crippen molar-refractivity contribution >= 4 is 0 Å². The van der Waals surface area contributed by atoms with Crippen molar-refractivity contribution in [2.75, 3.05) is 39.4 Å². The summed E-state index contributed by atoms with van der Waals surface area (Å²) in [5.41, 5.74) is 5.41. The van der Waals surface area contributed by atoms with E-state index < -0.39 is 0 Å². The fourth-order valence-electron chi connectivity index (χ4n) is 1.57. The summed E-state index contributed by atoms with van der Waals surface area (Å²) in [5, 5.41) is 8.91. The lowest BCUT2D eigenvalue weighted by atomic mass is 10.2. The summed E-state index contributed by atoms with van der Waals surface area (Å²) >= 11 is 0. The van der Waals surface area contributed by atoms with Crippen LogP contribution in [0.4, 0.5) is 0 Å². The fourth-order valence-corrected chi connectivity index (χ4v) is 1.57. The summed E-state index contributed by atoms with van der Waals surface area (Å²) in [6.45, 7) is 4.58. The molecule has 0 aromatic rings. The molecule has 1 rings (SSSR count). The van der Waals surface area contributed by atoms with E-state index in [1.807, 2.05) is 0 Å². The molecule has 0 aromatic heterocycles. The van der Waals surface area contributed by atoms with E-state index >= 15 is 0 Å². The Morgan fingerprint density at radius 2 is 2.31 bits per heavy atom. The third kappa shape index (κ3) is 4.04. The number of unbranched alkanes of at least 4 members (excludes halogenated alkanes) is 1. The second-order valence-corrected chi connectivity index (χ2v) is 3.47. The lowest BCUT2D eigenvalue weighted by Crippen LogP contribution is -2.44. The number of hydrogen-bond acceptors (Lipinski definition) is 4. The van der Waals surface area contributed by atoms with Gasteiger partial charge in [-0.3, -0.25) is 4.90 Å². The molecule has 0 saturated carbocycles. The molecule has 0 aromatic carbocycles. The number of ether oxygens (including phenoxy) is 1. The molecule has 1 saturated heterocycles. The molecule has 13 heavy (non-hydrogen) atoms. The van der Waals surface area contributed by atoms with Crippen LogP contribution in [0.1, 0.15) is 12.8 Å². The zero-order valence-electron chi connectivity index (χ0n) is 8.11. The Labute approximate surface area is 79.7 Å². The standard InChI is InChI=1S/C9H20N2O2/c10-3-1-2-4-11-5-6-13-9(7-11)8-12/h9,12H,1-8,10H2. The first-order chi connectivity index (χ1) is 6.36. The van der Waals surface area contributed by atoms with Crippen LogP contribution < -0.4 is 5.73 Å². The van der Waals surface area contributed by atoms with Gasteiger partial charge in [-0.25, -0.2) is 0 Å². The summed E-state index contributed by atoms with van der Waals surface area (Å²) in [4.78, 5) is 2.33. The molecule has 1 aliphatic heterocycles. The molecule has 1 atom stereocenters. The van der Waals surface area contributed by atoms with Gasteiger partial charge in [0.05, 0.1) is 19.3 Å². The second-order valence-electron chi connectivity index (χ2n) is 3.47. The first-order valence-corrected chi connectivity index (χ1v) is 5.01. The maximum Gasteiger partial charge on any atom is 0.0932 e. The van der Waals surface area contributed by atoms with Crippen molar-refractivity contribution in [3.8, 4) is 0 Å². The highest BCUT2D eigenvalue weighted by Crippen LogP contribution is 2.05. The molecule has 4 nitrogen and oxygen atoms in total. The van der Waals surface area contributed by atoms with Crippen molar-refractivity contribution in [1.29, 1.82) is 0 Å². The summed E-state index contributed by atoms with van der Waals surface area (Å²) < 4.78 is 5.35. The van der Waals surface area contributed by atoms with Gasteiger partial charge in [0.1, 0.15) is 0 Å². The summed E-state index contributed by atoms with van der Waals surface area (Å²) in [6, 6.07) is 0. The van der Waals surface area contributed by atoms with Gasteiger partial charge >= 0.3 is 0 Å². The normalized spacial score (nSPS) is 24.9. The monoisotopic (exact) mass is 188 g/mol. The smallest absolute Gasteiger partial charge is 0.0932 e. The highest BCUT2D eigenvalue weighted by atomic mass is 16.5. The van der Waals surface area contributed by atoms with Crippen LogP contribution in [-0.4, -0.2) is 55.5 Å². The van der Waals surface area contributed by atoms with Crippen molar-refractivity contribution in [2.24, 2.45) is 5.73 Å². The molecule has 78 valence electrons. The van der Waals surface area contributed by atoms with E-state index in [4.69, 9.17) is 15.6 Å². The average molecular weight is 188 g/mol. The number of aliphatic hydroxyl groups is 1. The first kappa shape index (κ1) is 10.9. The number of hydrogen-bond donors (Lipinski definition) is 2. The molecular formula is C9H20N2O2. The van der Waals surface area contributed by atoms with Gasteiger partial charge in [0, 0.05) is 13.1 Å². The summed E-state index contributed by atoms with van der Waals surface area (Å²) in [5.74, 6) is 0. The fraction of sp³-hybridized carbons (Fsp3) is 1.00. The van der Waals surface area contributed by atoms with Crippen LogP contribution in [0.25, 0.3) is 0 Å². The molecule has 1 unspecified atom stereocenters. The maximum absolute atomic E-state index is 8.91. The SMILES string of the molecule is NCCCCN1CCOC(CO)C1. The van der Waals surface area contributed by atoms with Crippen molar-refractivity contribution in [2.45, 2.75) is 18.9 Å². The quantitative estimate of drug-likeness (QED) is 0.567. The number of nitrogens with zero attached hydrogens (tertiary/aromatic N) is 1. The van der Waals surface area contributed by atoms with Crippen LogP contribution in [0.2, 0.25) is 0 Å². The van der Waals surface area contributed by atoms with E-state index in [1.54, 1.807) is 0 Å². The Kier molecular flexibility index (Phi) is 5.31. The zero-order valence-corrected chi connectivity index (χ0v) is 8.11. The van der Waals surface area contributed by atoms with Crippen LogP contribution in [0.15, 0.2) is 0 Å². The Hall–Kier alpha value is -0.160. The van der Waals surface area contributed by atoms with E-state index in [9.17, 15) is 0 Å². The van der Waals surface area contributed by atoms with Crippen molar-refractivity contribution < 1.29 is 9.84 Å². The topological polar surface area (TPSA) is 58.7 Å². The number of nitrogens with two attached hydrogens (primary N) is 1. The summed E-state index contributed by atoms with van der Waals surface area (Å²) in [7, 11) is 0. The van der Waals surface area contributed by atoms with Gasteiger partial charge in [-0.05, 0) is 25.9 Å². The molecule has 3 N–H and O–H groups in total. The van der Waals surface area contributed by atoms with Crippen LogP contribution in [0.5, 0.6) is 0 Å². The maximum atomic E-state index is 8.91. The predicted octanol–water partition coefficient (Wildman–Crippen LogP) is -0.582. The van der Waals surface area contributed by atoms with Crippen molar-refractivity contribution in [1.82, 2.24) is 4.90 Å². The van der Waals surface area contributed by atoms with E-state index in [2.05, 4.69) is 4.90 Å². The lowest BCUT2D eigenvalue weighted by Gasteiger charge is -2.31. The van der Waals surface area contributed by atoms with Gasteiger partial charge in [-0.1, -0.05) is 0 Å². The minimum atomic E-state index is 0.0200. The van der Waals surface area contributed by atoms with Gasteiger partial charge in [0.25, 0.3) is 0 Å². The molecule has 1 fully saturated rings. The largest absolute Gasteiger partial charge is 0.394 e. The van der Waals surface area contributed by atoms with E-state index in [1.165, 1.54) is 0 Å². The molecule has 0 spiro atoms. The molecule has 0 bridgehead atoms. The Morgan fingerprint density at radius 3 is 3.00 bits per heavy atom. The summed E-state index contributed by atoms with van der Waals surface area (Å²) in [6.07, 6.45) is 2.25. The number of rotatable bonds is 5. The molecular weight excluding hydrogens is 168 g/mol. The third-order valence-corrected chi connectivity index (χ3v) is 2.36. The molecule has 4 heteroatoms. The van der Waals surface area contributed by atoms with Crippen LogP contribution >= 0.6 is 0 Å². The van der Waals surface area contributed by atoms with Crippen LogP contribution in [0.3, 0.4) is 0 Å². The average Bonchev–Trinajstić information content (AvgIpc) is 2.19. The first-order valence-electron chi connectivity index (χ1n) is 5.01. The van der Waals surface area contributed by atoms with Crippen molar-refractivity contribution in [3.05, 3.63) is 0 Å². The molecule has 1 heterocycles. The zero-order chi connectivity index (χ0) is 9.52. The lowest BCUT2D eigenvalue weighted by molar-refractivity contribution is -0.0528. The molecule has 0 amide bonds. The highest BCUT2D eigenvalue weighted by Gasteiger charge is 2.18. The number of aliphatic hydroxyl groups excluding tert-OH is 1. The third-order valence-electron chi connectivity index (χ3n) is 2.36. The van der Waals surface area contributed by atoms with E-state index in [-0.39, 0.29) is 12.7 Å². The highest BCUT2D eigenvalue weighted by molar-refractivity contribution is 4.70. The molecule has 1 aliphatic rings. The van der Waals surface area contributed by atoms with Crippen LogP contribution in [0, 0.1) is 0 Å². The van der Waals surface area contributed by atoms with Crippen LogP contribution in [-0.2, 0) is 4.74 Å². The van der Waals surface area contributed by atoms with Gasteiger partial charge in [-0.15, -0.1) is 0 Å². The number of morpholine rings is 1. The molecule has 0 aliphatic carbocycles. The van der Waals surface area contributed by atoms with Gasteiger partial charge in [0.15, 0.2) is 0 Å². The predicted molar refractivity (Wildman–Crippen MR) is 51.6 cm³/mol. The van der Waals surface area contributed by atoms with Gasteiger partial charge in [-0.2, -0.15) is 0 Å². The Balaban J connectivity index is 2.11. The van der Waals surface area contributed by atoms with Crippen molar-refractivity contribution in [3.63, 3.8) is 0 Å². The second kappa shape index (κ2) is 6.32. The Bertz CT molecular complexity index is 133. The minimum Gasteiger partial charge on any atom is -0.394 e. The minimum absolute atomic E-state index is 0.0200. The van der Waals surface area contributed by atoms with Gasteiger partial charge < -0.3 is 15.6 Å². The van der Waals surface area contributed by atoms with Gasteiger partial charge in [0.2, 0.25) is 0 Å².